The van der Waals surface area contributed by atoms with Gasteiger partial charge in [-0.15, -0.1) is 0 Å². The molecular formula is C23H22N4O3. The van der Waals surface area contributed by atoms with Gasteiger partial charge in [-0.1, -0.05) is 18.2 Å². The minimum Gasteiger partial charge on any atom is -0.484 e. The first-order chi connectivity index (χ1) is 14.5. The lowest BCUT2D eigenvalue weighted by Gasteiger charge is -2.09. The van der Waals surface area contributed by atoms with E-state index < -0.39 is 0 Å². The van der Waals surface area contributed by atoms with Crippen molar-refractivity contribution in [3.05, 3.63) is 89.2 Å². The summed E-state index contributed by atoms with van der Waals surface area (Å²) < 4.78 is 5.56. The topological polar surface area (TPSA) is 92.7 Å². The van der Waals surface area contributed by atoms with Crippen LogP contribution >= 0.6 is 0 Å². The van der Waals surface area contributed by atoms with Gasteiger partial charge < -0.3 is 10.1 Å². The zero-order valence-electron chi connectivity index (χ0n) is 16.8. The number of hydrogen-bond donors (Lipinski definition) is 2. The molecule has 2 amide bonds. The number of aryl methyl sites for hydroxylation is 2. The predicted molar refractivity (Wildman–Crippen MR) is 116 cm³/mol. The summed E-state index contributed by atoms with van der Waals surface area (Å²) in [5, 5.41) is 6.76. The van der Waals surface area contributed by atoms with Crippen LogP contribution in [-0.4, -0.2) is 29.6 Å². The molecule has 30 heavy (non-hydrogen) atoms. The van der Waals surface area contributed by atoms with Gasteiger partial charge in [-0.3, -0.25) is 14.6 Å². The first-order valence-corrected chi connectivity index (χ1v) is 9.34. The molecule has 2 aromatic carbocycles. The fourth-order valence-corrected chi connectivity index (χ4v) is 2.58. The Labute approximate surface area is 174 Å². The van der Waals surface area contributed by atoms with E-state index in [0.717, 1.165) is 16.8 Å². The number of carbonyl (C=O) groups is 2. The molecule has 0 saturated carbocycles. The molecule has 0 radical (unpaired) electrons. The Balaban J connectivity index is 1.51. The highest BCUT2D eigenvalue weighted by molar-refractivity contribution is 5.94. The standard InChI is InChI=1S/C23H22N4O3/c1-16-6-7-20(12-17(16)2)26-22(28)15-30-21-5-3-4-18(13-21)14-25-27-23(29)19-8-10-24-11-9-19/h3-14H,15H2,1-2H3,(H,26,28)(H,27,29)/b25-14+. The van der Waals surface area contributed by atoms with E-state index in [0.29, 0.717) is 11.3 Å². The minimum atomic E-state index is -0.330. The van der Waals surface area contributed by atoms with Crippen LogP contribution in [0.4, 0.5) is 5.69 Å². The Bertz CT molecular complexity index is 1070. The highest BCUT2D eigenvalue weighted by Gasteiger charge is 2.06. The monoisotopic (exact) mass is 402 g/mol. The van der Waals surface area contributed by atoms with E-state index in [1.54, 1.807) is 30.3 Å². The van der Waals surface area contributed by atoms with Gasteiger partial charge in [-0.05, 0) is 66.9 Å². The number of pyridine rings is 1. The summed E-state index contributed by atoms with van der Waals surface area (Å²) in [4.78, 5) is 27.9. The summed E-state index contributed by atoms with van der Waals surface area (Å²) in [7, 11) is 0. The molecule has 3 rings (SSSR count). The van der Waals surface area contributed by atoms with E-state index in [-0.39, 0.29) is 18.4 Å². The first-order valence-electron chi connectivity index (χ1n) is 9.34. The number of nitrogens with zero attached hydrogens (tertiary/aromatic N) is 2. The van der Waals surface area contributed by atoms with Gasteiger partial charge in [0.2, 0.25) is 0 Å². The largest absolute Gasteiger partial charge is 0.484 e. The van der Waals surface area contributed by atoms with Gasteiger partial charge in [0.1, 0.15) is 5.75 Å². The highest BCUT2D eigenvalue weighted by Crippen LogP contribution is 2.15. The van der Waals surface area contributed by atoms with Crippen molar-refractivity contribution in [2.24, 2.45) is 5.10 Å². The van der Waals surface area contributed by atoms with E-state index in [4.69, 9.17) is 4.74 Å². The molecule has 7 heteroatoms. The number of hydrazone groups is 1. The maximum atomic E-state index is 12.1. The van der Waals surface area contributed by atoms with Crippen LogP contribution in [0.25, 0.3) is 0 Å². The number of amides is 2. The number of ether oxygens (including phenoxy) is 1. The number of hydrogen-bond acceptors (Lipinski definition) is 5. The fraction of sp³-hybridized carbons (Fsp3) is 0.130. The van der Waals surface area contributed by atoms with Crippen LogP contribution in [0.2, 0.25) is 0 Å². The molecular weight excluding hydrogens is 380 g/mol. The molecule has 0 unspecified atom stereocenters. The predicted octanol–water partition coefficient (Wildman–Crippen LogP) is 3.48. The number of anilines is 1. The van der Waals surface area contributed by atoms with Crippen molar-refractivity contribution in [1.29, 1.82) is 0 Å². The lowest BCUT2D eigenvalue weighted by atomic mass is 10.1. The van der Waals surface area contributed by atoms with Crippen molar-refractivity contribution in [2.45, 2.75) is 13.8 Å². The Morgan fingerprint density at radius 1 is 1.03 bits per heavy atom. The summed E-state index contributed by atoms with van der Waals surface area (Å²) in [6, 6.07) is 16.0. The van der Waals surface area contributed by atoms with E-state index in [2.05, 4.69) is 20.8 Å². The Morgan fingerprint density at radius 3 is 2.60 bits per heavy atom. The van der Waals surface area contributed by atoms with Gasteiger partial charge in [0.25, 0.3) is 11.8 Å². The molecule has 0 fully saturated rings. The maximum absolute atomic E-state index is 12.1. The molecule has 0 bridgehead atoms. The molecule has 1 heterocycles. The Kier molecular flexibility index (Phi) is 6.89. The summed E-state index contributed by atoms with van der Waals surface area (Å²) in [5.41, 5.74) is 6.65. The van der Waals surface area contributed by atoms with Gasteiger partial charge in [0.05, 0.1) is 6.21 Å². The van der Waals surface area contributed by atoms with E-state index in [1.165, 1.54) is 24.2 Å². The van der Waals surface area contributed by atoms with Crippen molar-refractivity contribution in [2.75, 3.05) is 11.9 Å². The normalized spacial score (nSPS) is 10.6. The average Bonchev–Trinajstić information content (AvgIpc) is 2.76. The van der Waals surface area contributed by atoms with E-state index >= 15 is 0 Å². The van der Waals surface area contributed by atoms with Crippen molar-refractivity contribution in [3.63, 3.8) is 0 Å². The molecule has 2 N–H and O–H groups in total. The third kappa shape index (κ3) is 6.00. The maximum Gasteiger partial charge on any atom is 0.271 e. The third-order valence-corrected chi connectivity index (χ3v) is 4.34. The third-order valence-electron chi connectivity index (χ3n) is 4.34. The summed E-state index contributed by atoms with van der Waals surface area (Å²) in [6.07, 6.45) is 4.58. The summed E-state index contributed by atoms with van der Waals surface area (Å²) in [5.74, 6) is -0.0550. The van der Waals surface area contributed by atoms with Gasteiger partial charge in [-0.2, -0.15) is 5.10 Å². The molecule has 0 aliphatic rings. The van der Waals surface area contributed by atoms with Gasteiger partial charge >= 0.3 is 0 Å². The lowest BCUT2D eigenvalue weighted by Crippen LogP contribution is -2.20. The first kappa shape index (κ1) is 20.7. The molecule has 7 nitrogen and oxygen atoms in total. The molecule has 0 spiro atoms. The van der Waals surface area contributed by atoms with Gasteiger partial charge in [0.15, 0.2) is 6.61 Å². The lowest BCUT2D eigenvalue weighted by molar-refractivity contribution is -0.118. The van der Waals surface area contributed by atoms with E-state index in [9.17, 15) is 9.59 Å². The van der Waals surface area contributed by atoms with Crippen LogP contribution in [0.15, 0.2) is 72.1 Å². The zero-order chi connectivity index (χ0) is 21.3. The number of rotatable bonds is 7. The molecule has 0 atom stereocenters. The zero-order valence-corrected chi connectivity index (χ0v) is 16.8. The summed E-state index contributed by atoms with van der Waals surface area (Å²) in [6.45, 7) is 3.89. The number of aromatic nitrogens is 1. The molecule has 1 aromatic heterocycles. The Hall–Kier alpha value is -4.00. The molecule has 0 aliphatic heterocycles. The minimum absolute atomic E-state index is 0.119. The molecule has 152 valence electrons. The summed E-state index contributed by atoms with van der Waals surface area (Å²) >= 11 is 0. The van der Waals surface area contributed by atoms with E-state index in [1.807, 2.05) is 38.1 Å². The van der Waals surface area contributed by atoms with Crippen molar-refractivity contribution < 1.29 is 14.3 Å². The van der Waals surface area contributed by atoms with Gasteiger partial charge in [-0.25, -0.2) is 5.43 Å². The Morgan fingerprint density at radius 2 is 1.83 bits per heavy atom. The second kappa shape index (κ2) is 9.97. The SMILES string of the molecule is Cc1ccc(NC(=O)COc2cccc(/C=N/NC(=O)c3ccncc3)c2)cc1C. The van der Waals surface area contributed by atoms with Crippen LogP contribution < -0.4 is 15.5 Å². The van der Waals surface area contributed by atoms with Crippen LogP contribution in [-0.2, 0) is 4.79 Å². The van der Waals surface area contributed by atoms with Crippen molar-refractivity contribution in [3.8, 4) is 5.75 Å². The van der Waals surface area contributed by atoms with Gasteiger partial charge in [0, 0.05) is 23.6 Å². The van der Waals surface area contributed by atoms with Crippen molar-refractivity contribution in [1.82, 2.24) is 10.4 Å². The highest BCUT2D eigenvalue weighted by atomic mass is 16.5. The average molecular weight is 402 g/mol. The smallest absolute Gasteiger partial charge is 0.271 e. The van der Waals surface area contributed by atoms with Crippen LogP contribution in [0.5, 0.6) is 5.75 Å². The fourth-order valence-electron chi connectivity index (χ4n) is 2.58. The molecule has 0 aliphatic carbocycles. The number of nitrogens with one attached hydrogen (secondary N) is 2. The van der Waals surface area contributed by atoms with Crippen LogP contribution in [0.1, 0.15) is 27.0 Å². The second-order valence-corrected chi connectivity index (χ2v) is 6.64. The molecule has 0 saturated heterocycles. The quantitative estimate of drug-likeness (QED) is 0.467. The van der Waals surface area contributed by atoms with Crippen LogP contribution in [0, 0.1) is 13.8 Å². The molecule has 3 aromatic rings. The van der Waals surface area contributed by atoms with Crippen LogP contribution in [0.3, 0.4) is 0 Å². The van der Waals surface area contributed by atoms with Crippen molar-refractivity contribution >= 4 is 23.7 Å². The second-order valence-electron chi connectivity index (χ2n) is 6.64. The number of carbonyl (C=O) groups excluding carboxylic acids is 2. The number of benzene rings is 2.